The lowest BCUT2D eigenvalue weighted by molar-refractivity contribution is -0.147. The van der Waals surface area contributed by atoms with Crippen molar-refractivity contribution in [2.75, 3.05) is 7.05 Å². The Labute approximate surface area is 257 Å². The third-order valence-electron chi connectivity index (χ3n) is 10.4. The highest BCUT2D eigenvalue weighted by Crippen LogP contribution is 2.44. The second-order valence-electron chi connectivity index (χ2n) is 16.4. The summed E-state index contributed by atoms with van der Waals surface area (Å²) in [5.41, 5.74) is 0.856. The summed E-state index contributed by atoms with van der Waals surface area (Å²) < 4.78 is 0. The number of nitrogens with one attached hydrogen (secondary N) is 1. The maximum Gasteiger partial charge on any atom is 0.306 e. The predicted molar refractivity (Wildman–Crippen MR) is 180 cm³/mol. The number of carbonyl (C=O) groups is 1. The molecule has 244 valence electrons. The summed E-state index contributed by atoms with van der Waals surface area (Å²) in [4.78, 5) is 14.5. The van der Waals surface area contributed by atoms with Crippen molar-refractivity contribution < 1.29 is 9.90 Å². The molecular formula is C37H74N2O2. The number of unbranched alkanes of at least 4 members (excludes halogenated alkanes) is 13. The van der Waals surface area contributed by atoms with E-state index < -0.39 is 5.97 Å². The van der Waals surface area contributed by atoms with Crippen molar-refractivity contribution >= 4 is 5.97 Å². The number of hydrogen-bond donors (Lipinski definition) is 2. The first kappa shape index (κ1) is 38.4. The molecule has 2 rings (SSSR count). The molecule has 2 aliphatic heterocycles. The zero-order valence-corrected chi connectivity index (χ0v) is 29.6. The Kier molecular flexibility index (Phi) is 17.1. The third kappa shape index (κ3) is 15.6. The van der Waals surface area contributed by atoms with E-state index in [1.54, 1.807) is 0 Å². The number of piperidine rings is 2. The fourth-order valence-corrected chi connectivity index (χ4v) is 7.87. The van der Waals surface area contributed by atoms with Crippen LogP contribution in [0.4, 0.5) is 0 Å². The Bertz CT molecular complexity index is 680. The number of carboxylic acid groups (broad SMARTS) is 1. The lowest BCUT2D eigenvalue weighted by Crippen LogP contribution is -2.59. The van der Waals surface area contributed by atoms with Gasteiger partial charge in [-0.1, -0.05) is 96.8 Å². The minimum Gasteiger partial charge on any atom is -0.481 e. The van der Waals surface area contributed by atoms with Crippen LogP contribution in [0.2, 0.25) is 0 Å². The van der Waals surface area contributed by atoms with Crippen LogP contribution in [0.5, 0.6) is 0 Å². The van der Waals surface area contributed by atoms with Gasteiger partial charge < -0.3 is 10.4 Å². The maximum absolute atomic E-state index is 12.1. The molecule has 2 heterocycles. The predicted octanol–water partition coefficient (Wildman–Crippen LogP) is 10.8. The Morgan fingerprint density at radius 3 is 1.39 bits per heavy atom. The van der Waals surface area contributed by atoms with Crippen LogP contribution in [0.1, 0.15) is 191 Å². The minimum absolute atomic E-state index is 0.0651. The Balaban J connectivity index is 0.000000702. The van der Waals surface area contributed by atoms with E-state index in [1.807, 2.05) is 0 Å². The lowest BCUT2D eigenvalue weighted by atomic mass is 9.68. The van der Waals surface area contributed by atoms with Gasteiger partial charge in [-0.25, -0.2) is 0 Å². The standard InChI is InChI=1S/C28H55NO2.C9H19N/c1-7-8-9-10-11-12-13-14-15-16-17-18-19-20-21-25(26(30)31)24-22-27(2,3)29(6)28(4,5)23-24;1-8(2)6-5-7-9(3,4)10-8/h24-25H,7-23H2,1-6H3,(H,30,31);10H,5-7H2,1-4H3. The summed E-state index contributed by atoms with van der Waals surface area (Å²) >= 11 is 0. The van der Waals surface area contributed by atoms with Crippen molar-refractivity contribution in [1.29, 1.82) is 0 Å². The van der Waals surface area contributed by atoms with Crippen LogP contribution in [0.25, 0.3) is 0 Å². The summed E-state index contributed by atoms with van der Waals surface area (Å²) in [5.74, 6) is -0.457. The van der Waals surface area contributed by atoms with Crippen LogP contribution in [-0.4, -0.2) is 45.2 Å². The van der Waals surface area contributed by atoms with Gasteiger partial charge in [0.05, 0.1) is 5.92 Å². The second kappa shape index (κ2) is 18.3. The molecule has 0 radical (unpaired) electrons. The minimum atomic E-state index is -0.573. The highest BCUT2D eigenvalue weighted by atomic mass is 16.4. The molecule has 2 saturated heterocycles. The lowest BCUT2D eigenvalue weighted by Gasteiger charge is -2.54. The largest absolute Gasteiger partial charge is 0.481 e. The van der Waals surface area contributed by atoms with Crippen molar-refractivity contribution in [3.8, 4) is 0 Å². The van der Waals surface area contributed by atoms with Crippen molar-refractivity contribution in [1.82, 2.24) is 10.2 Å². The normalized spacial score (nSPS) is 22.5. The summed E-state index contributed by atoms with van der Waals surface area (Å²) in [6, 6.07) is 0. The third-order valence-corrected chi connectivity index (χ3v) is 10.4. The zero-order valence-electron chi connectivity index (χ0n) is 29.6. The summed E-state index contributed by atoms with van der Waals surface area (Å²) in [5, 5.41) is 13.6. The van der Waals surface area contributed by atoms with Crippen LogP contribution >= 0.6 is 0 Å². The molecule has 1 atom stereocenters. The van der Waals surface area contributed by atoms with E-state index in [0.717, 1.165) is 25.7 Å². The molecular weight excluding hydrogens is 504 g/mol. The molecule has 2 aliphatic rings. The van der Waals surface area contributed by atoms with Crippen molar-refractivity contribution in [3.05, 3.63) is 0 Å². The summed E-state index contributed by atoms with van der Waals surface area (Å²) in [7, 11) is 2.19. The van der Waals surface area contributed by atoms with Crippen molar-refractivity contribution in [2.45, 2.75) is 213 Å². The van der Waals surface area contributed by atoms with E-state index in [0.29, 0.717) is 17.0 Å². The van der Waals surface area contributed by atoms with Gasteiger partial charge in [0.1, 0.15) is 0 Å². The highest BCUT2D eigenvalue weighted by molar-refractivity contribution is 5.70. The van der Waals surface area contributed by atoms with E-state index in [1.165, 1.54) is 103 Å². The molecule has 2 N–H and O–H groups in total. The molecule has 0 saturated carbocycles. The first-order chi connectivity index (χ1) is 19.0. The quantitative estimate of drug-likeness (QED) is 0.169. The van der Waals surface area contributed by atoms with Crippen LogP contribution in [0.15, 0.2) is 0 Å². The topological polar surface area (TPSA) is 52.6 Å². The van der Waals surface area contributed by atoms with Crippen LogP contribution in [0, 0.1) is 11.8 Å². The molecule has 0 aliphatic carbocycles. The molecule has 4 nitrogen and oxygen atoms in total. The Hall–Kier alpha value is -0.610. The number of nitrogens with zero attached hydrogens (tertiary/aromatic N) is 1. The number of hydrogen-bond acceptors (Lipinski definition) is 3. The van der Waals surface area contributed by atoms with Gasteiger partial charge in [-0.15, -0.1) is 0 Å². The van der Waals surface area contributed by atoms with E-state index in [2.05, 4.69) is 79.6 Å². The van der Waals surface area contributed by atoms with Gasteiger partial charge in [-0.2, -0.15) is 0 Å². The first-order valence-electron chi connectivity index (χ1n) is 17.8. The fraction of sp³-hybridized carbons (Fsp3) is 0.973. The molecule has 0 bridgehead atoms. The first-order valence-corrected chi connectivity index (χ1v) is 17.8. The van der Waals surface area contributed by atoms with Gasteiger partial charge in [0.15, 0.2) is 0 Å². The van der Waals surface area contributed by atoms with E-state index in [9.17, 15) is 9.90 Å². The molecule has 0 aromatic carbocycles. The SMILES string of the molecule is CC1(C)CCCC(C)(C)N1.CCCCCCCCCCCCCCCCC(C(=O)O)C1CC(C)(C)N(C)C(C)(C)C1. The highest BCUT2D eigenvalue weighted by Gasteiger charge is 2.46. The second-order valence-corrected chi connectivity index (χ2v) is 16.4. The Morgan fingerprint density at radius 1 is 0.707 bits per heavy atom. The van der Waals surface area contributed by atoms with Gasteiger partial charge in [0, 0.05) is 22.2 Å². The van der Waals surface area contributed by atoms with Gasteiger partial charge in [-0.05, 0) is 107 Å². The van der Waals surface area contributed by atoms with E-state index in [4.69, 9.17) is 0 Å². The van der Waals surface area contributed by atoms with E-state index >= 15 is 0 Å². The van der Waals surface area contributed by atoms with E-state index in [-0.39, 0.29) is 17.0 Å². The molecule has 0 aromatic heterocycles. The molecule has 0 amide bonds. The van der Waals surface area contributed by atoms with Crippen LogP contribution < -0.4 is 5.32 Å². The van der Waals surface area contributed by atoms with Crippen LogP contribution in [-0.2, 0) is 4.79 Å². The monoisotopic (exact) mass is 579 g/mol. The molecule has 0 aromatic rings. The molecule has 41 heavy (non-hydrogen) atoms. The summed E-state index contributed by atoms with van der Waals surface area (Å²) in [6.07, 6.45) is 25.7. The van der Waals surface area contributed by atoms with Gasteiger partial charge in [0.2, 0.25) is 0 Å². The molecule has 2 fully saturated rings. The summed E-state index contributed by atoms with van der Waals surface area (Å²) in [6.45, 7) is 20.5. The zero-order chi connectivity index (χ0) is 31.2. The molecule has 1 unspecified atom stereocenters. The number of rotatable bonds is 17. The van der Waals surface area contributed by atoms with Gasteiger partial charge >= 0.3 is 5.97 Å². The average Bonchev–Trinajstić information content (AvgIpc) is 2.83. The number of carboxylic acids is 1. The number of aliphatic carboxylic acids is 1. The van der Waals surface area contributed by atoms with Crippen LogP contribution in [0.3, 0.4) is 0 Å². The van der Waals surface area contributed by atoms with Crippen molar-refractivity contribution in [3.63, 3.8) is 0 Å². The maximum atomic E-state index is 12.1. The average molecular weight is 579 g/mol. The fourth-order valence-electron chi connectivity index (χ4n) is 7.87. The van der Waals surface area contributed by atoms with Gasteiger partial charge in [0.25, 0.3) is 0 Å². The molecule has 0 spiro atoms. The Morgan fingerprint density at radius 2 is 1.07 bits per heavy atom. The number of likely N-dealkylation sites (tertiary alicyclic amines) is 1. The molecule has 4 heteroatoms. The van der Waals surface area contributed by atoms with Gasteiger partial charge in [-0.3, -0.25) is 9.69 Å². The smallest absolute Gasteiger partial charge is 0.306 e. The van der Waals surface area contributed by atoms with Crippen molar-refractivity contribution in [2.24, 2.45) is 11.8 Å².